The van der Waals surface area contributed by atoms with Crippen LogP contribution in [0.1, 0.15) is 53.0 Å². The van der Waals surface area contributed by atoms with Crippen LogP contribution in [0.25, 0.3) is 0 Å². The summed E-state index contributed by atoms with van der Waals surface area (Å²) in [6.45, 7) is 17.3. The number of benzene rings is 1. The molecule has 1 rings (SSSR count). The number of hydrogen-bond acceptors (Lipinski definition) is 1. The lowest BCUT2D eigenvalue weighted by Crippen LogP contribution is -2.41. The highest BCUT2D eigenvalue weighted by atomic mass is 28.4. The molecule has 0 unspecified atom stereocenters. The molecule has 0 bridgehead atoms. The van der Waals surface area contributed by atoms with Gasteiger partial charge in [-0.05, 0) is 48.4 Å². The molecule has 0 aliphatic heterocycles. The highest BCUT2D eigenvalue weighted by molar-refractivity contribution is 6.74. The average molecular weight is 321 g/mol. The molecule has 0 saturated heterocycles. The minimum Gasteiger partial charge on any atom is -0.417 e. The van der Waals surface area contributed by atoms with Crippen LogP contribution in [0.2, 0.25) is 18.1 Å². The van der Waals surface area contributed by atoms with E-state index in [1.807, 2.05) is 0 Å². The van der Waals surface area contributed by atoms with Crippen LogP contribution in [-0.4, -0.2) is 14.9 Å². The molecule has 126 valence electrons. The maximum absolute atomic E-state index is 6.35. The van der Waals surface area contributed by atoms with Gasteiger partial charge in [0.15, 0.2) is 8.32 Å². The molecule has 1 aromatic carbocycles. The molecular weight excluding hydrogens is 284 g/mol. The Balaban J connectivity index is 2.30. The van der Waals surface area contributed by atoms with Gasteiger partial charge in [-0.25, -0.2) is 0 Å². The highest BCUT2D eigenvalue weighted by Gasteiger charge is 2.37. The van der Waals surface area contributed by atoms with E-state index in [0.717, 1.165) is 12.5 Å². The van der Waals surface area contributed by atoms with Crippen molar-refractivity contribution in [3.63, 3.8) is 0 Å². The van der Waals surface area contributed by atoms with Gasteiger partial charge in [-0.3, -0.25) is 0 Å². The molecule has 0 spiro atoms. The van der Waals surface area contributed by atoms with Crippen LogP contribution in [0, 0.1) is 11.8 Å². The second-order valence-corrected chi connectivity index (χ2v) is 13.4. The first-order valence-corrected chi connectivity index (χ1v) is 11.7. The van der Waals surface area contributed by atoms with Gasteiger partial charge in [0, 0.05) is 6.61 Å². The molecule has 1 nitrogen and oxygen atoms in total. The first-order valence-electron chi connectivity index (χ1n) is 8.79. The van der Waals surface area contributed by atoms with E-state index < -0.39 is 8.32 Å². The summed E-state index contributed by atoms with van der Waals surface area (Å²) in [4.78, 5) is 0. The molecule has 2 heteroatoms. The lowest BCUT2D eigenvalue weighted by Gasteiger charge is -2.37. The molecule has 0 fully saturated rings. The van der Waals surface area contributed by atoms with E-state index in [-0.39, 0.29) is 0 Å². The molecule has 0 aliphatic rings. The highest BCUT2D eigenvalue weighted by Crippen LogP contribution is 2.37. The smallest absolute Gasteiger partial charge is 0.191 e. The second-order valence-electron chi connectivity index (χ2n) is 8.55. The van der Waals surface area contributed by atoms with Crippen molar-refractivity contribution in [3.8, 4) is 0 Å². The van der Waals surface area contributed by atoms with Crippen molar-refractivity contribution in [1.82, 2.24) is 0 Å². The molecule has 2 atom stereocenters. The van der Waals surface area contributed by atoms with Crippen molar-refractivity contribution in [2.45, 2.75) is 72.0 Å². The van der Waals surface area contributed by atoms with Crippen LogP contribution in [-0.2, 0) is 10.8 Å². The largest absolute Gasteiger partial charge is 0.417 e. The monoisotopic (exact) mass is 320 g/mol. The minimum atomic E-state index is -1.58. The molecule has 0 amide bonds. The molecule has 0 radical (unpaired) electrons. The van der Waals surface area contributed by atoms with Crippen LogP contribution >= 0.6 is 0 Å². The Morgan fingerprint density at radius 3 is 2.05 bits per heavy atom. The third-order valence-corrected chi connectivity index (χ3v) is 9.61. The van der Waals surface area contributed by atoms with E-state index >= 15 is 0 Å². The topological polar surface area (TPSA) is 9.23 Å². The summed E-state index contributed by atoms with van der Waals surface area (Å²) in [6.07, 6.45) is 3.75. The van der Waals surface area contributed by atoms with Crippen molar-refractivity contribution in [2.75, 3.05) is 6.61 Å². The van der Waals surface area contributed by atoms with Gasteiger partial charge in [0.25, 0.3) is 0 Å². The Kier molecular flexibility index (Phi) is 7.34. The van der Waals surface area contributed by atoms with Gasteiger partial charge in [0.1, 0.15) is 0 Å². The van der Waals surface area contributed by atoms with Crippen LogP contribution in [0.4, 0.5) is 0 Å². The van der Waals surface area contributed by atoms with Crippen LogP contribution in [0.3, 0.4) is 0 Å². The van der Waals surface area contributed by atoms with Crippen molar-refractivity contribution in [1.29, 1.82) is 0 Å². The third kappa shape index (κ3) is 6.66. The fourth-order valence-corrected chi connectivity index (χ4v) is 3.47. The summed E-state index contributed by atoms with van der Waals surface area (Å²) in [5, 5.41) is 0.313. The van der Waals surface area contributed by atoms with Crippen molar-refractivity contribution < 1.29 is 4.43 Å². The Bertz CT molecular complexity index is 419. The zero-order valence-corrected chi connectivity index (χ0v) is 16.8. The molecule has 0 aromatic heterocycles. The Morgan fingerprint density at radius 1 is 0.955 bits per heavy atom. The fourth-order valence-electron chi connectivity index (χ4n) is 2.34. The summed E-state index contributed by atoms with van der Waals surface area (Å²) >= 11 is 0. The quantitative estimate of drug-likeness (QED) is 0.510. The first-order chi connectivity index (χ1) is 10.1. The Morgan fingerprint density at radius 2 is 1.50 bits per heavy atom. The van der Waals surface area contributed by atoms with Crippen molar-refractivity contribution in [2.24, 2.45) is 11.8 Å². The molecular formula is C20H36OSi. The van der Waals surface area contributed by atoms with Crippen LogP contribution in [0.15, 0.2) is 30.3 Å². The summed E-state index contributed by atoms with van der Waals surface area (Å²) in [6, 6.07) is 10.8. The van der Waals surface area contributed by atoms with Gasteiger partial charge < -0.3 is 4.43 Å². The summed E-state index contributed by atoms with van der Waals surface area (Å²) < 4.78 is 6.35. The summed E-state index contributed by atoms with van der Waals surface area (Å²) in [7, 11) is -1.58. The lowest BCUT2D eigenvalue weighted by atomic mass is 9.93. The number of rotatable bonds is 8. The second kappa shape index (κ2) is 8.31. The maximum Gasteiger partial charge on any atom is 0.191 e. The maximum atomic E-state index is 6.35. The lowest BCUT2D eigenvalue weighted by molar-refractivity contribution is 0.224. The van der Waals surface area contributed by atoms with E-state index in [0.29, 0.717) is 11.0 Å². The van der Waals surface area contributed by atoms with E-state index in [2.05, 4.69) is 78.0 Å². The normalized spacial score (nSPS) is 15.6. The predicted molar refractivity (Wildman–Crippen MR) is 101 cm³/mol. The van der Waals surface area contributed by atoms with Gasteiger partial charge in [0.2, 0.25) is 0 Å². The summed E-state index contributed by atoms with van der Waals surface area (Å²) in [5.74, 6) is 1.41. The predicted octanol–water partition coefficient (Wildman–Crippen LogP) is 6.30. The zero-order valence-electron chi connectivity index (χ0n) is 15.8. The van der Waals surface area contributed by atoms with Gasteiger partial charge in [-0.1, -0.05) is 71.4 Å². The average Bonchev–Trinajstić information content (AvgIpc) is 2.43. The van der Waals surface area contributed by atoms with E-state index in [1.54, 1.807) is 0 Å². The molecule has 1 aromatic rings. The van der Waals surface area contributed by atoms with Crippen LogP contribution in [0.5, 0.6) is 0 Å². The first kappa shape index (κ1) is 19.4. The van der Waals surface area contributed by atoms with E-state index in [9.17, 15) is 0 Å². The minimum absolute atomic E-state index is 0.313. The van der Waals surface area contributed by atoms with E-state index in [1.165, 1.54) is 24.8 Å². The van der Waals surface area contributed by atoms with Gasteiger partial charge in [-0.15, -0.1) is 0 Å². The van der Waals surface area contributed by atoms with Crippen molar-refractivity contribution in [3.05, 3.63) is 35.9 Å². The standard InChI is InChI=1S/C20H36OSi/c1-17(15-19-11-9-8-10-12-19)13-14-18(2)16-21-22(6,7)20(3,4)5/h8-12,17-18H,13-16H2,1-7H3/t17-,18+/m0/s1. The van der Waals surface area contributed by atoms with E-state index in [4.69, 9.17) is 4.43 Å². The molecule has 0 saturated carbocycles. The molecule has 22 heavy (non-hydrogen) atoms. The molecule has 0 heterocycles. The molecule has 0 aliphatic carbocycles. The summed E-state index contributed by atoms with van der Waals surface area (Å²) in [5.41, 5.74) is 1.46. The SMILES string of the molecule is C[C@H](CC[C@H](C)Cc1ccccc1)CO[Si](C)(C)C(C)(C)C. The Hall–Kier alpha value is -0.603. The van der Waals surface area contributed by atoms with Crippen molar-refractivity contribution >= 4 is 8.32 Å². The van der Waals surface area contributed by atoms with Gasteiger partial charge in [-0.2, -0.15) is 0 Å². The van der Waals surface area contributed by atoms with Crippen LogP contribution < -0.4 is 0 Å². The molecule has 0 N–H and O–H groups in total. The van der Waals surface area contributed by atoms with Gasteiger partial charge >= 0.3 is 0 Å². The van der Waals surface area contributed by atoms with Gasteiger partial charge in [0.05, 0.1) is 0 Å². The Labute approximate surface area is 139 Å². The third-order valence-electron chi connectivity index (χ3n) is 5.11. The zero-order chi connectivity index (χ0) is 16.8. The number of hydrogen-bond donors (Lipinski definition) is 0. The fraction of sp³-hybridized carbons (Fsp3) is 0.700.